The van der Waals surface area contributed by atoms with Gasteiger partial charge in [-0.15, -0.1) is 0 Å². The van der Waals surface area contributed by atoms with Crippen molar-refractivity contribution in [3.8, 4) is 22.6 Å². The molecule has 86 valence electrons. The second kappa shape index (κ2) is 3.66. The van der Waals surface area contributed by atoms with E-state index >= 15 is 0 Å². The van der Waals surface area contributed by atoms with Gasteiger partial charge in [0.1, 0.15) is 0 Å². The van der Waals surface area contributed by atoms with E-state index in [0.717, 1.165) is 22.6 Å². The average molecular weight is 229 g/mol. The van der Waals surface area contributed by atoms with Gasteiger partial charge in [-0.25, -0.2) is 0 Å². The third-order valence-electron chi connectivity index (χ3n) is 2.81. The minimum Gasteiger partial charge on any atom is -0.454 e. The third-order valence-corrected chi connectivity index (χ3v) is 2.81. The van der Waals surface area contributed by atoms with E-state index in [1.54, 1.807) is 13.1 Å². The summed E-state index contributed by atoms with van der Waals surface area (Å²) in [5, 5.41) is 0. The van der Waals surface area contributed by atoms with Gasteiger partial charge in [-0.3, -0.25) is 4.79 Å². The largest absolute Gasteiger partial charge is 0.454 e. The van der Waals surface area contributed by atoms with E-state index < -0.39 is 0 Å². The maximum absolute atomic E-state index is 11.5. The zero-order chi connectivity index (χ0) is 11.8. The molecule has 1 aliphatic heterocycles. The highest BCUT2D eigenvalue weighted by atomic mass is 16.7. The van der Waals surface area contributed by atoms with Crippen LogP contribution in [0.15, 0.2) is 30.6 Å². The van der Waals surface area contributed by atoms with Gasteiger partial charge >= 0.3 is 0 Å². The molecule has 1 aliphatic rings. The molecule has 17 heavy (non-hydrogen) atoms. The van der Waals surface area contributed by atoms with Gasteiger partial charge in [-0.1, -0.05) is 6.07 Å². The highest BCUT2D eigenvalue weighted by Gasteiger charge is 2.16. The van der Waals surface area contributed by atoms with Crippen LogP contribution >= 0.6 is 0 Å². The highest BCUT2D eigenvalue weighted by molar-refractivity contribution is 6.00. The summed E-state index contributed by atoms with van der Waals surface area (Å²) in [6.45, 7) is 1.81. The minimum absolute atomic E-state index is 0.0407. The highest BCUT2D eigenvalue weighted by Crippen LogP contribution is 2.36. The Hall–Kier alpha value is -2.23. The zero-order valence-corrected chi connectivity index (χ0v) is 9.32. The molecule has 0 fully saturated rings. The predicted octanol–water partition coefficient (Wildman–Crippen LogP) is 2.61. The van der Waals surface area contributed by atoms with Crippen LogP contribution in [0.4, 0.5) is 0 Å². The van der Waals surface area contributed by atoms with Crippen molar-refractivity contribution in [2.75, 3.05) is 6.79 Å². The molecule has 1 aromatic heterocycles. The van der Waals surface area contributed by atoms with Crippen LogP contribution in [0.25, 0.3) is 11.1 Å². The van der Waals surface area contributed by atoms with Gasteiger partial charge in [0.15, 0.2) is 17.3 Å². The Morgan fingerprint density at radius 2 is 2.06 bits per heavy atom. The molecule has 4 nitrogen and oxygen atoms in total. The van der Waals surface area contributed by atoms with Crippen molar-refractivity contribution in [3.05, 3.63) is 36.2 Å². The van der Waals surface area contributed by atoms with Crippen molar-refractivity contribution >= 4 is 5.78 Å². The van der Waals surface area contributed by atoms with Gasteiger partial charge in [0.2, 0.25) is 6.79 Å². The summed E-state index contributed by atoms with van der Waals surface area (Å²) in [5.74, 6) is 1.51. The molecular weight excluding hydrogens is 218 g/mol. The third kappa shape index (κ3) is 1.58. The van der Waals surface area contributed by atoms with Gasteiger partial charge in [-0.05, 0) is 24.6 Å². The molecule has 0 unspecified atom stereocenters. The van der Waals surface area contributed by atoms with Crippen LogP contribution in [0.5, 0.6) is 11.5 Å². The van der Waals surface area contributed by atoms with Crippen LogP contribution in [0.1, 0.15) is 17.3 Å². The van der Waals surface area contributed by atoms with Gasteiger partial charge in [-0.2, -0.15) is 0 Å². The van der Waals surface area contributed by atoms with E-state index in [0.29, 0.717) is 5.56 Å². The molecule has 2 heterocycles. The number of hydrogen-bond donors (Lipinski definition) is 1. The van der Waals surface area contributed by atoms with Crippen LogP contribution in [0.2, 0.25) is 0 Å². The van der Waals surface area contributed by atoms with Crippen molar-refractivity contribution in [1.29, 1.82) is 0 Å². The number of carbonyl (C=O) groups is 1. The van der Waals surface area contributed by atoms with E-state index in [9.17, 15) is 4.79 Å². The van der Waals surface area contributed by atoms with Crippen LogP contribution in [-0.2, 0) is 0 Å². The number of aromatic nitrogens is 1. The fraction of sp³-hybridized carbons (Fsp3) is 0.154. The number of ketones is 1. The molecule has 0 atom stereocenters. The quantitative estimate of drug-likeness (QED) is 0.805. The molecule has 0 radical (unpaired) electrons. The maximum Gasteiger partial charge on any atom is 0.231 e. The van der Waals surface area contributed by atoms with E-state index in [1.807, 2.05) is 24.4 Å². The van der Waals surface area contributed by atoms with Crippen LogP contribution in [0.3, 0.4) is 0 Å². The molecule has 0 saturated heterocycles. The van der Waals surface area contributed by atoms with E-state index in [1.165, 1.54) is 0 Å². The smallest absolute Gasteiger partial charge is 0.231 e. The maximum atomic E-state index is 11.5. The lowest BCUT2D eigenvalue weighted by molar-refractivity contribution is 0.101. The average Bonchev–Trinajstić information content (AvgIpc) is 2.96. The predicted molar refractivity (Wildman–Crippen MR) is 62.4 cm³/mol. The number of fused-ring (bicyclic) bond motifs is 1. The van der Waals surface area contributed by atoms with Crippen LogP contribution in [-0.4, -0.2) is 17.6 Å². The molecule has 0 bridgehead atoms. The second-order valence-electron chi connectivity index (χ2n) is 3.91. The number of nitrogens with one attached hydrogen (secondary N) is 1. The number of carbonyl (C=O) groups excluding carboxylic acids is 1. The number of H-pyrrole nitrogens is 1. The van der Waals surface area contributed by atoms with E-state index in [2.05, 4.69) is 4.98 Å². The SMILES string of the molecule is CC(=O)c1c[nH]cc1-c1ccc2c(c1)OCO2. The molecule has 0 spiro atoms. The van der Waals surface area contributed by atoms with Gasteiger partial charge in [0.05, 0.1) is 0 Å². The van der Waals surface area contributed by atoms with E-state index in [-0.39, 0.29) is 12.6 Å². The Bertz CT molecular complexity index is 586. The second-order valence-corrected chi connectivity index (χ2v) is 3.91. The van der Waals surface area contributed by atoms with Crippen molar-refractivity contribution in [2.45, 2.75) is 6.92 Å². The topological polar surface area (TPSA) is 51.3 Å². The van der Waals surface area contributed by atoms with Crippen molar-refractivity contribution in [3.63, 3.8) is 0 Å². The number of hydrogen-bond acceptors (Lipinski definition) is 3. The number of Topliss-reactive ketones (excluding diaryl/α,β-unsaturated/α-hetero) is 1. The first-order chi connectivity index (χ1) is 8.25. The number of aromatic amines is 1. The Kier molecular flexibility index (Phi) is 2.14. The molecule has 2 aromatic rings. The molecule has 4 heteroatoms. The Morgan fingerprint density at radius 1 is 1.24 bits per heavy atom. The molecule has 0 amide bonds. The summed E-state index contributed by atoms with van der Waals surface area (Å²) in [5.41, 5.74) is 2.51. The van der Waals surface area contributed by atoms with Gasteiger partial charge < -0.3 is 14.5 Å². The van der Waals surface area contributed by atoms with E-state index in [4.69, 9.17) is 9.47 Å². The fourth-order valence-corrected chi connectivity index (χ4v) is 1.96. The number of benzene rings is 1. The van der Waals surface area contributed by atoms with Crippen LogP contribution in [0, 0.1) is 0 Å². The number of ether oxygens (including phenoxy) is 2. The van der Waals surface area contributed by atoms with Crippen molar-refractivity contribution in [1.82, 2.24) is 4.98 Å². The van der Waals surface area contributed by atoms with Crippen molar-refractivity contribution in [2.24, 2.45) is 0 Å². The summed E-state index contributed by atoms with van der Waals surface area (Å²) in [7, 11) is 0. The molecule has 1 aromatic carbocycles. The Balaban J connectivity index is 2.09. The van der Waals surface area contributed by atoms with Crippen molar-refractivity contribution < 1.29 is 14.3 Å². The first-order valence-electron chi connectivity index (χ1n) is 5.33. The zero-order valence-electron chi connectivity index (χ0n) is 9.32. The van der Waals surface area contributed by atoms with Gasteiger partial charge in [0, 0.05) is 23.5 Å². The summed E-state index contributed by atoms with van der Waals surface area (Å²) >= 11 is 0. The van der Waals surface area contributed by atoms with Crippen LogP contribution < -0.4 is 9.47 Å². The normalized spacial score (nSPS) is 12.8. The standard InChI is InChI=1S/C13H11NO3/c1-8(15)10-5-14-6-11(10)9-2-3-12-13(4-9)17-7-16-12/h2-6,14H,7H2,1H3. The Morgan fingerprint density at radius 3 is 2.88 bits per heavy atom. The minimum atomic E-state index is 0.0407. The lowest BCUT2D eigenvalue weighted by Crippen LogP contribution is -1.93. The van der Waals surface area contributed by atoms with Gasteiger partial charge in [0.25, 0.3) is 0 Å². The molecular formula is C13H11NO3. The Labute approximate surface area is 98.2 Å². The summed E-state index contributed by atoms with van der Waals surface area (Å²) in [4.78, 5) is 14.4. The lowest BCUT2D eigenvalue weighted by atomic mass is 10.0. The lowest BCUT2D eigenvalue weighted by Gasteiger charge is -2.03. The molecule has 0 saturated carbocycles. The fourth-order valence-electron chi connectivity index (χ4n) is 1.96. The monoisotopic (exact) mass is 229 g/mol. The molecule has 0 aliphatic carbocycles. The summed E-state index contributed by atoms with van der Waals surface area (Å²) < 4.78 is 10.6. The molecule has 3 rings (SSSR count). The number of rotatable bonds is 2. The summed E-state index contributed by atoms with van der Waals surface area (Å²) in [6.07, 6.45) is 3.52. The first kappa shape index (κ1) is 9.96. The first-order valence-corrected chi connectivity index (χ1v) is 5.33. The molecule has 1 N–H and O–H groups in total. The summed E-state index contributed by atoms with van der Waals surface area (Å²) in [6, 6.07) is 5.66.